The molecule has 1 aromatic rings. The Hall–Kier alpha value is -1.95. The van der Waals surface area contributed by atoms with Crippen LogP contribution in [0.5, 0.6) is 0 Å². The summed E-state index contributed by atoms with van der Waals surface area (Å²) >= 11 is 0. The molecule has 0 aliphatic carbocycles. The van der Waals surface area contributed by atoms with Crippen LogP contribution in [0.15, 0.2) is 18.3 Å². The summed E-state index contributed by atoms with van der Waals surface area (Å²) in [6.07, 6.45) is 2.41. The molecule has 1 heterocycles. The molecule has 0 unspecified atom stereocenters. The number of pyridine rings is 1. The lowest BCUT2D eigenvalue weighted by atomic mass is 10.00. The number of carboxylic acid groups (broad SMARTS) is 1. The van der Waals surface area contributed by atoms with E-state index in [0.717, 1.165) is 5.56 Å². The van der Waals surface area contributed by atoms with E-state index in [4.69, 9.17) is 10.8 Å². The van der Waals surface area contributed by atoms with Crippen LogP contribution in [0, 0.1) is 0 Å². The summed E-state index contributed by atoms with van der Waals surface area (Å²) in [4.78, 5) is 25.9. The van der Waals surface area contributed by atoms with Crippen LogP contribution in [0.3, 0.4) is 0 Å². The lowest BCUT2D eigenvalue weighted by Crippen LogP contribution is -2.34. The molecule has 4 N–H and O–H groups in total. The Morgan fingerprint density at radius 3 is 2.58 bits per heavy atom. The predicted octanol–water partition coefficient (Wildman–Crippen LogP) is 0.913. The molecule has 6 heteroatoms. The largest absolute Gasteiger partial charge is 0.477 e. The molecule has 0 bridgehead atoms. The lowest BCUT2D eigenvalue weighted by molar-refractivity contribution is -0.121. The van der Waals surface area contributed by atoms with Crippen LogP contribution in [0.25, 0.3) is 0 Å². The summed E-state index contributed by atoms with van der Waals surface area (Å²) in [7, 11) is 0. The Morgan fingerprint density at radius 2 is 2.11 bits per heavy atom. The highest BCUT2D eigenvalue weighted by Gasteiger charge is 2.13. The van der Waals surface area contributed by atoms with E-state index >= 15 is 0 Å². The van der Waals surface area contributed by atoms with E-state index in [1.165, 1.54) is 12.3 Å². The van der Waals surface area contributed by atoms with Crippen LogP contribution in [0.2, 0.25) is 0 Å². The van der Waals surface area contributed by atoms with E-state index in [-0.39, 0.29) is 17.1 Å². The van der Waals surface area contributed by atoms with Crippen LogP contribution in [-0.4, -0.2) is 27.5 Å². The molecule has 0 aromatic carbocycles. The van der Waals surface area contributed by atoms with Crippen molar-refractivity contribution in [1.82, 2.24) is 10.3 Å². The molecule has 6 nitrogen and oxygen atoms in total. The smallest absolute Gasteiger partial charge is 0.354 e. The average Bonchev–Trinajstić information content (AvgIpc) is 2.33. The minimum absolute atomic E-state index is 0.0139. The highest BCUT2D eigenvalue weighted by atomic mass is 16.4. The van der Waals surface area contributed by atoms with E-state index in [2.05, 4.69) is 10.3 Å². The first-order chi connectivity index (χ1) is 8.78. The van der Waals surface area contributed by atoms with Gasteiger partial charge in [0.1, 0.15) is 5.69 Å². The number of nitrogens with one attached hydrogen (secondary N) is 1. The van der Waals surface area contributed by atoms with E-state index in [1.807, 2.05) is 13.8 Å². The Bertz CT molecular complexity index is 449. The van der Waals surface area contributed by atoms with Crippen molar-refractivity contribution >= 4 is 11.9 Å². The molecule has 1 aromatic heterocycles. The molecular weight excluding hydrogens is 246 g/mol. The Morgan fingerprint density at radius 1 is 1.42 bits per heavy atom. The second-order valence-electron chi connectivity index (χ2n) is 5.12. The first-order valence-corrected chi connectivity index (χ1v) is 6.02. The fourth-order valence-corrected chi connectivity index (χ4v) is 1.38. The van der Waals surface area contributed by atoms with Crippen LogP contribution in [-0.2, 0) is 11.3 Å². The number of carboxylic acids is 1. The van der Waals surface area contributed by atoms with Crippen molar-refractivity contribution < 1.29 is 14.7 Å². The number of hydrogen-bond donors (Lipinski definition) is 3. The molecule has 0 saturated heterocycles. The molecule has 0 aliphatic rings. The number of amides is 1. The van der Waals surface area contributed by atoms with Crippen LogP contribution < -0.4 is 11.1 Å². The maximum Gasteiger partial charge on any atom is 0.354 e. The summed E-state index contributed by atoms with van der Waals surface area (Å²) in [5, 5.41) is 11.4. The van der Waals surface area contributed by atoms with Gasteiger partial charge in [0.15, 0.2) is 0 Å². The molecule has 0 atom stereocenters. The number of carbonyl (C=O) groups excluding carboxylic acids is 1. The summed E-state index contributed by atoms with van der Waals surface area (Å²) in [5.41, 5.74) is 6.17. The minimum atomic E-state index is -1.07. The number of hydrogen-bond acceptors (Lipinski definition) is 4. The van der Waals surface area contributed by atoms with Gasteiger partial charge < -0.3 is 16.2 Å². The SMILES string of the molecule is CC(C)(N)CCC(=O)NCc1ccc(C(=O)O)nc1. The van der Waals surface area contributed by atoms with Crippen molar-refractivity contribution in [3.63, 3.8) is 0 Å². The highest BCUT2D eigenvalue weighted by Crippen LogP contribution is 2.07. The van der Waals surface area contributed by atoms with Gasteiger partial charge in [0.25, 0.3) is 0 Å². The number of carbonyl (C=O) groups is 2. The molecule has 104 valence electrons. The zero-order valence-electron chi connectivity index (χ0n) is 11.1. The fourth-order valence-electron chi connectivity index (χ4n) is 1.38. The topological polar surface area (TPSA) is 105 Å². The van der Waals surface area contributed by atoms with Crippen LogP contribution in [0.4, 0.5) is 0 Å². The van der Waals surface area contributed by atoms with Gasteiger partial charge in [0.2, 0.25) is 5.91 Å². The second kappa shape index (κ2) is 6.29. The Labute approximate surface area is 112 Å². The van der Waals surface area contributed by atoms with Gasteiger partial charge in [0.05, 0.1) is 0 Å². The molecular formula is C13H19N3O3. The van der Waals surface area contributed by atoms with Crippen molar-refractivity contribution in [2.75, 3.05) is 0 Å². The van der Waals surface area contributed by atoms with Gasteiger partial charge in [-0.2, -0.15) is 0 Å². The average molecular weight is 265 g/mol. The number of aromatic nitrogens is 1. The van der Waals surface area contributed by atoms with Crippen molar-refractivity contribution in [2.24, 2.45) is 5.73 Å². The molecule has 19 heavy (non-hydrogen) atoms. The van der Waals surface area contributed by atoms with Crippen molar-refractivity contribution in [3.8, 4) is 0 Å². The summed E-state index contributed by atoms with van der Waals surface area (Å²) in [5.74, 6) is -1.15. The predicted molar refractivity (Wildman–Crippen MR) is 70.5 cm³/mol. The molecule has 1 amide bonds. The fraction of sp³-hybridized carbons (Fsp3) is 0.462. The zero-order chi connectivity index (χ0) is 14.5. The highest BCUT2D eigenvalue weighted by molar-refractivity contribution is 5.85. The molecule has 0 fully saturated rings. The third-order valence-electron chi connectivity index (χ3n) is 2.53. The summed E-state index contributed by atoms with van der Waals surface area (Å²) < 4.78 is 0. The maximum absolute atomic E-state index is 11.6. The summed E-state index contributed by atoms with van der Waals surface area (Å²) in [6, 6.07) is 3.04. The van der Waals surface area contributed by atoms with Gasteiger partial charge in [-0.25, -0.2) is 9.78 Å². The first kappa shape index (κ1) is 15.1. The summed E-state index contributed by atoms with van der Waals surface area (Å²) in [6.45, 7) is 4.07. The lowest BCUT2D eigenvalue weighted by Gasteiger charge is -2.17. The second-order valence-corrected chi connectivity index (χ2v) is 5.12. The van der Waals surface area contributed by atoms with Crippen LogP contribution >= 0.6 is 0 Å². The van der Waals surface area contributed by atoms with Gasteiger partial charge in [-0.1, -0.05) is 6.07 Å². The molecule has 0 aliphatic heterocycles. The van der Waals surface area contributed by atoms with E-state index < -0.39 is 5.97 Å². The number of rotatable bonds is 6. The molecule has 0 spiro atoms. The number of nitrogens with zero attached hydrogens (tertiary/aromatic N) is 1. The third kappa shape index (κ3) is 5.96. The number of nitrogens with two attached hydrogens (primary N) is 1. The first-order valence-electron chi connectivity index (χ1n) is 6.02. The Kier molecular flexibility index (Phi) is 5.00. The van der Waals surface area contributed by atoms with Crippen LogP contribution in [0.1, 0.15) is 42.7 Å². The van der Waals surface area contributed by atoms with Gasteiger partial charge in [0, 0.05) is 24.7 Å². The van der Waals surface area contributed by atoms with E-state index in [9.17, 15) is 9.59 Å². The van der Waals surface area contributed by atoms with Gasteiger partial charge in [-0.05, 0) is 31.9 Å². The van der Waals surface area contributed by atoms with Crippen molar-refractivity contribution in [3.05, 3.63) is 29.6 Å². The van der Waals surface area contributed by atoms with Gasteiger partial charge in [-0.3, -0.25) is 4.79 Å². The van der Waals surface area contributed by atoms with E-state index in [0.29, 0.717) is 19.4 Å². The molecule has 1 rings (SSSR count). The van der Waals surface area contributed by atoms with Crippen molar-refractivity contribution in [1.29, 1.82) is 0 Å². The third-order valence-corrected chi connectivity index (χ3v) is 2.53. The Balaban J connectivity index is 2.40. The molecule has 0 radical (unpaired) electrons. The van der Waals surface area contributed by atoms with Gasteiger partial charge >= 0.3 is 5.97 Å². The quantitative estimate of drug-likeness (QED) is 0.709. The monoisotopic (exact) mass is 265 g/mol. The normalized spacial score (nSPS) is 11.1. The molecule has 0 saturated carbocycles. The zero-order valence-corrected chi connectivity index (χ0v) is 11.1. The maximum atomic E-state index is 11.6. The minimum Gasteiger partial charge on any atom is -0.477 e. The van der Waals surface area contributed by atoms with E-state index in [1.54, 1.807) is 6.07 Å². The number of aromatic carboxylic acids is 1. The van der Waals surface area contributed by atoms with Crippen molar-refractivity contribution in [2.45, 2.75) is 38.8 Å². The standard InChI is InChI=1S/C13H19N3O3/c1-13(2,14)6-5-11(17)16-8-9-3-4-10(12(18)19)15-7-9/h3-4,7H,5-6,8,14H2,1-2H3,(H,16,17)(H,18,19). The van der Waals surface area contributed by atoms with Gasteiger partial charge in [-0.15, -0.1) is 0 Å².